The molecular weight excluding hydrogens is 252 g/mol. The van der Waals surface area contributed by atoms with Gasteiger partial charge in [0.05, 0.1) is 5.56 Å². The second-order valence-corrected chi connectivity index (χ2v) is 5.88. The predicted molar refractivity (Wildman–Crippen MR) is 76.8 cm³/mol. The van der Waals surface area contributed by atoms with Crippen molar-refractivity contribution in [3.63, 3.8) is 0 Å². The van der Waals surface area contributed by atoms with Gasteiger partial charge in [-0.05, 0) is 37.5 Å². The van der Waals surface area contributed by atoms with Crippen molar-refractivity contribution in [3.8, 4) is 0 Å². The number of hydrogen-bond acceptors (Lipinski definition) is 4. The van der Waals surface area contributed by atoms with Crippen LogP contribution in [0, 0.1) is 0 Å². The number of hydrogen-bond donors (Lipinski definition) is 2. The average Bonchev–Trinajstić information content (AvgIpc) is 2.77. The third kappa shape index (κ3) is 6.10. The number of carbonyl (C=O) groups is 1. The van der Waals surface area contributed by atoms with E-state index in [0.29, 0.717) is 5.56 Å². The molecule has 0 aromatic carbocycles. The Labute approximate surface area is 111 Å². The molecule has 0 radical (unpaired) electrons. The molecule has 3 N–H and O–H groups in total. The normalized spacial score (nSPS) is 10.6. The lowest BCUT2D eigenvalue weighted by Gasteiger charge is -2.02. The molecule has 1 heterocycles. The van der Waals surface area contributed by atoms with Gasteiger partial charge in [0, 0.05) is 16.8 Å². The molecule has 1 aromatic heterocycles. The zero-order chi connectivity index (χ0) is 12.5. The number of primary amides is 1. The number of thiophene rings is 1. The van der Waals surface area contributed by atoms with E-state index in [4.69, 9.17) is 5.73 Å². The molecule has 5 heteroatoms. The van der Waals surface area contributed by atoms with Crippen LogP contribution in [-0.4, -0.2) is 24.5 Å². The molecule has 3 nitrogen and oxygen atoms in total. The summed E-state index contributed by atoms with van der Waals surface area (Å²) >= 11 is 3.49. The van der Waals surface area contributed by atoms with E-state index < -0.39 is 0 Å². The number of thioether (sulfide) groups is 1. The van der Waals surface area contributed by atoms with E-state index in [1.807, 2.05) is 23.2 Å². The highest BCUT2D eigenvalue weighted by Crippen LogP contribution is 2.13. The fourth-order valence-electron chi connectivity index (χ4n) is 1.49. The maximum atomic E-state index is 10.9. The van der Waals surface area contributed by atoms with Crippen molar-refractivity contribution in [3.05, 3.63) is 21.9 Å². The van der Waals surface area contributed by atoms with Gasteiger partial charge >= 0.3 is 0 Å². The monoisotopic (exact) mass is 272 g/mol. The summed E-state index contributed by atoms with van der Waals surface area (Å²) in [6.45, 7) is 1.87. The Morgan fingerprint density at radius 2 is 2.29 bits per heavy atom. The number of nitrogens with one attached hydrogen (secondary N) is 1. The molecule has 0 fully saturated rings. The van der Waals surface area contributed by atoms with Crippen molar-refractivity contribution >= 4 is 29.0 Å². The van der Waals surface area contributed by atoms with Crippen LogP contribution in [0.3, 0.4) is 0 Å². The van der Waals surface area contributed by atoms with Gasteiger partial charge in [-0.2, -0.15) is 11.8 Å². The smallest absolute Gasteiger partial charge is 0.249 e. The molecule has 0 saturated carbocycles. The van der Waals surface area contributed by atoms with Crippen LogP contribution in [-0.2, 0) is 6.54 Å². The zero-order valence-electron chi connectivity index (χ0n) is 10.2. The maximum absolute atomic E-state index is 10.9. The fourth-order valence-corrected chi connectivity index (χ4v) is 2.82. The molecule has 0 saturated heterocycles. The molecule has 1 amide bonds. The average molecular weight is 272 g/mol. The van der Waals surface area contributed by atoms with Crippen molar-refractivity contribution in [2.75, 3.05) is 18.6 Å². The summed E-state index contributed by atoms with van der Waals surface area (Å²) in [5, 5.41) is 5.20. The Balaban J connectivity index is 2.07. The molecule has 0 aliphatic carbocycles. The van der Waals surface area contributed by atoms with Crippen molar-refractivity contribution in [1.29, 1.82) is 0 Å². The van der Waals surface area contributed by atoms with Gasteiger partial charge in [-0.25, -0.2) is 0 Å². The van der Waals surface area contributed by atoms with Gasteiger partial charge in [0.15, 0.2) is 0 Å². The Morgan fingerprint density at radius 3 is 2.94 bits per heavy atom. The number of nitrogens with two attached hydrogens (primary N) is 1. The summed E-state index contributed by atoms with van der Waals surface area (Å²) in [6.07, 6.45) is 5.94. The Kier molecular flexibility index (Phi) is 7.32. The molecule has 17 heavy (non-hydrogen) atoms. The maximum Gasteiger partial charge on any atom is 0.249 e. The fraction of sp³-hybridized carbons (Fsp3) is 0.583. The topological polar surface area (TPSA) is 55.1 Å². The van der Waals surface area contributed by atoms with Crippen molar-refractivity contribution in [2.24, 2.45) is 5.73 Å². The standard InChI is InChI=1S/C12H20N2OS2/c1-16-6-4-2-3-5-14-8-11-7-10(9-17-11)12(13)15/h7,9,14H,2-6,8H2,1H3,(H2,13,15). The van der Waals surface area contributed by atoms with Crippen LogP contribution >= 0.6 is 23.1 Å². The lowest BCUT2D eigenvalue weighted by molar-refractivity contribution is 0.100. The number of rotatable bonds is 9. The zero-order valence-corrected chi connectivity index (χ0v) is 11.8. The van der Waals surface area contributed by atoms with Crippen LogP contribution in [0.1, 0.15) is 34.5 Å². The molecule has 0 aliphatic heterocycles. The second kappa shape index (κ2) is 8.55. The summed E-state index contributed by atoms with van der Waals surface area (Å²) < 4.78 is 0. The van der Waals surface area contributed by atoms with Crippen LogP contribution < -0.4 is 11.1 Å². The van der Waals surface area contributed by atoms with Crippen molar-refractivity contribution in [2.45, 2.75) is 25.8 Å². The minimum absolute atomic E-state index is 0.343. The first kappa shape index (κ1) is 14.5. The number of carbonyl (C=O) groups excluding carboxylic acids is 1. The minimum Gasteiger partial charge on any atom is -0.366 e. The predicted octanol–water partition coefficient (Wildman–Crippen LogP) is 2.47. The van der Waals surface area contributed by atoms with Crippen LogP contribution in [0.5, 0.6) is 0 Å². The molecule has 0 atom stereocenters. The second-order valence-electron chi connectivity index (χ2n) is 3.90. The van der Waals surface area contributed by atoms with E-state index >= 15 is 0 Å². The molecule has 0 unspecified atom stereocenters. The van der Waals surface area contributed by atoms with Gasteiger partial charge < -0.3 is 11.1 Å². The molecule has 1 aromatic rings. The van der Waals surface area contributed by atoms with E-state index in [2.05, 4.69) is 11.6 Å². The molecule has 96 valence electrons. The molecule has 0 aliphatic rings. The van der Waals surface area contributed by atoms with Crippen LogP contribution in [0.25, 0.3) is 0 Å². The lowest BCUT2D eigenvalue weighted by Crippen LogP contribution is -2.14. The first-order chi connectivity index (χ1) is 8.24. The summed E-state index contributed by atoms with van der Waals surface area (Å²) in [5.41, 5.74) is 5.81. The highest BCUT2D eigenvalue weighted by Gasteiger charge is 2.03. The Hall–Kier alpha value is -0.520. The number of unbranched alkanes of at least 4 members (excludes halogenated alkanes) is 2. The summed E-state index contributed by atoms with van der Waals surface area (Å²) in [5.74, 6) is 0.914. The van der Waals surface area contributed by atoms with Crippen LogP contribution in [0.15, 0.2) is 11.4 Å². The third-order valence-electron chi connectivity index (χ3n) is 2.44. The van der Waals surface area contributed by atoms with Gasteiger partial charge in [-0.3, -0.25) is 4.79 Å². The van der Waals surface area contributed by atoms with Crippen LogP contribution in [0.4, 0.5) is 0 Å². The Morgan fingerprint density at radius 1 is 1.47 bits per heavy atom. The quantitative estimate of drug-likeness (QED) is 0.679. The van der Waals surface area contributed by atoms with Gasteiger partial charge in [-0.1, -0.05) is 6.42 Å². The van der Waals surface area contributed by atoms with E-state index in [0.717, 1.165) is 13.1 Å². The summed E-state index contributed by atoms with van der Waals surface area (Å²) in [7, 11) is 0. The molecular formula is C12H20N2OS2. The van der Waals surface area contributed by atoms with E-state index in [1.54, 1.807) is 11.3 Å². The van der Waals surface area contributed by atoms with Crippen LogP contribution in [0.2, 0.25) is 0 Å². The van der Waals surface area contributed by atoms with Gasteiger partial charge in [0.25, 0.3) is 0 Å². The largest absolute Gasteiger partial charge is 0.366 e. The van der Waals surface area contributed by atoms with E-state index in [1.165, 1.54) is 29.9 Å². The highest BCUT2D eigenvalue weighted by atomic mass is 32.2. The SMILES string of the molecule is CSCCCCCNCc1cc(C(N)=O)cs1. The summed E-state index contributed by atoms with van der Waals surface area (Å²) in [4.78, 5) is 12.1. The summed E-state index contributed by atoms with van der Waals surface area (Å²) in [6, 6.07) is 1.87. The highest BCUT2D eigenvalue weighted by molar-refractivity contribution is 7.98. The first-order valence-electron chi connectivity index (χ1n) is 5.81. The van der Waals surface area contributed by atoms with Gasteiger partial charge in [0.2, 0.25) is 5.91 Å². The Bertz CT molecular complexity index is 339. The molecule has 0 bridgehead atoms. The van der Waals surface area contributed by atoms with Crippen molar-refractivity contribution < 1.29 is 4.79 Å². The minimum atomic E-state index is -0.343. The van der Waals surface area contributed by atoms with E-state index in [9.17, 15) is 4.79 Å². The molecule has 0 spiro atoms. The molecule has 1 rings (SSSR count). The van der Waals surface area contributed by atoms with Gasteiger partial charge in [0.1, 0.15) is 0 Å². The van der Waals surface area contributed by atoms with Crippen molar-refractivity contribution in [1.82, 2.24) is 5.32 Å². The third-order valence-corrected chi connectivity index (χ3v) is 4.07. The van der Waals surface area contributed by atoms with Gasteiger partial charge in [-0.15, -0.1) is 11.3 Å². The lowest BCUT2D eigenvalue weighted by atomic mass is 10.2. The van der Waals surface area contributed by atoms with E-state index in [-0.39, 0.29) is 5.91 Å². The number of amides is 1. The first-order valence-corrected chi connectivity index (χ1v) is 8.08.